The third-order valence-electron chi connectivity index (χ3n) is 2.54. The van der Waals surface area contributed by atoms with Gasteiger partial charge in [-0.2, -0.15) is 4.98 Å². The van der Waals surface area contributed by atoms with Crippen molar-refractivity contribution in [2.45, 2.75) is 19.4 Å². The van der Waals surface area contributed by atoms with E-state index in [4.69, 9.17) is 10.5 Å². The fourth-order valence-corrected chi connectivity index (χ4v) is 1.85. The van der Waals surface area contributed by atoms with Gasteiger partial charge in [-0.1, -0.05) is 12.1 Å². The number of aromatic nitrogens is 2. The van der Waals surface area contributed by atoms with Gasteiger partial charge in [-0.25, -0.2) is 4.79 Å². The maximum Gasteiger partial charge on any atom is 0.345 e. The van der Waals surface area contributed by atoms with E-state index in [1.165, 1.54) is 0 Å². The molecule has 2 rings (SSSR count). The number of para-hydroxylation sites is 1. The highest BCUT2D eigenvalue weighted by Crippen LogP contribution is 2.24. The quantitative estimate of drug-likeness (QED) is 0.822. The molecule has 5 heteroatoms. The van der Waals surface area contributed by atoms with Crippen LogP contribution in [0.1, 0.15) is 12.6 Å². The van der Waals surface area contributed by atoms with Gasteiger partial charge in [0, 0.05) is 23.5 Å². The van der Waals surface area contributed by atoms with Crippen molar-refractivity contribution in [3.05, 3.63) is 34.4 Å². The van der Waals surface area contributed by atoms with E-state index < -0.39 is 0 Å². The molecule has 0 saturated carbocycles. The van der Waals surface area contributed by atoms with Crippen molar-refractivity contribution < 1.29 is 4.74 Å². The molecule has 5 nitrogen and oxygen atoms in total. The van der Waals surface area contributed by atoms with E-state index in [1.807, 2.05) is 19.1 Å². The van der Waals surface area contributed by atoms with Gasteiger partial charge < -0.3 is 15.5 Å². The number of aromatic amines is 1. The number of nitrogens with one attached hydrogen (secondary N) is 1. The van der Waals surface area contributed by atoms with E-state index in [1.54, 1.807) is 13.2 Å². The third-order valence-corrected chi connectivity index (χ3v) is 2.54. The summed E-state index contributed by atoms with van der Waals surface area (Å²) in [6.07, 6.45) is 0.599. The van der Waals surface area contributed by atoms with E-state index in [2.05, 4.69) is 9.97 Å². The Kier molecular flexibility index (Phi) is 3.10. The summed E-state index contributed by atoms with van der Waals surface area (Å²) in [6.45, 7) is 1.89. The molecule has 0 aliphatic rings. The summed E-state index contributed by atoms with van der Waals surface area (Å²) in [4.78, 5) is 18.2. The molecule has 0 aliphatic carbocycles. The lowest BCUT2D eigenvalue weighted by atomic mass is 10.1. The number of ether oxygens (including phenoxy) is 1. The summed E-state index contributed by atoms with van der Waals surface area (Å²) in [7, 11) is 1.56. The standard InChI is InChI=1S/C12H15N3O2/c1-7(13)6-9-8-4-3-5-10(17-2)11(8)15-12(16)14-9/h3-5,7H,6,13H2,1-2H3,(H,14,15,16). The number of nitrogens with zero attached hydrogens (tertiary/aromatic N) is 1. The first-order valence-electron chi connectivity index (χ1n) is 5.43. The van der Waals surface area contributed by atoms with Crippen LogP contribution in [0.15, 0.2) is 23.0 Å². The summed E-state index contributed by atoms with van der Waals surface area (Å²) in [6, 6.07) is 5.52. The van der Waals surface area contributed by atoms with Gasteiger partial charge in [-0.05, 0) is 13.0 Å². The van der Waals surface area contributed by atoms with Gasteiger partial charge in [-0.3, -0.25) is 0 Å². The van der Waals surface area contributed by atoms with Gasteiger partial charge in [0.15, 0.2) is 0 Å². The maximum absolute atomic E-state index is 11.5. The molecule has 0 bridgehead atoms. The van der Waals surface area contributed by atoms with Crippen LogP contribution in [0.5, 0.6) is 5.75 Å². The van der Waals surface area contributed by atoms with Gasteiger partial charge in [0.25, 0.3) is 0 Å². The maximum atomic E-state index is 11.5. The topological polar surface area (TPSA) is 81.0 Å². The predicted octanol–water partition coefficient (Wildman–Crippen LogP) is 0.821. The van der Waals surface area contributed by atoms with Crippen LogP contribution in [0.3, 0.4) is 0 Å². The van der Waals surface area contributed by atoms with Crippen LogP contribution in [0.2, 0.25) is 0 Å². The highest BCUT2D eigenvalue weighted by Gasteiger charge is 2.10. The lowest BCUT2D eigenvalue weighted by Gasteiger charge is -2.10. The lowest BCUT2D eigenvalue weighted by Crippen LogP contribution is -2.22. The largest absolute Gasteiger partial charge is 0.494 e. The summed E-state index contributed by atoms with van der Waals surface area (Å²) in [5, 5.41) is 0.876. The summed E-state index contributed by atoms with van der Waals surface area (Å²) < 4.78 is 5.20. The average molecular weight is 233 g/mol. The molecule has 1 aromatic heterocycles. The Morgan fingerprint density at radius 1 is 1.53 bits per heavy atom. The zero-order chi connectivity index (χ0) is 12.4. The van der Waals surface area contributed by atoms with E-state index >= 15 is 0 Å². The molecular weight excluding hydrogens is 218 g/mol. The van der Waals surface area contributed by atoms with Crippen LogP contribution < -0.4 is 16.2 Å². The summed E-state index contributed by atoms with van der Waals surface area (Å²) >= 11 is 0. The average Bonchev–Trinajstić information content (AvgIpc) is 2.27. The number of hydrogen-bond donors (Lipinski definition) is 2. The molecular formula is C12H15N3O2. The lowest BCUT2D eigenvalue weighted by molar-refractivity contribution is 0.418. The number of benzene rings is 1. The summed E-state index contributed by atoms with van der Waals surface area (Å²) in [5.41, 5.74) is 6.76. The second kappa shape index (κ2) is 4.55. The van der Waals surface area contributed by atoms with Crippen LogP contribution >= 0.6 is 0 Å². The Morgan fingerprint density at radius 3 is 2.94 bits per heavy atom. The first-order chi connectivity index (χ1) is 8.11. The van der Waals surface area contributed by atoms with Gasteiger partial charge in [0.2, 0.25) is 0 Å². The number of rotatable bonds is 3. The molecule has 0 radical (unpaired) electrons. The Morgan fingerprint density at radius 2 is 2.29 bits per heavy atom. The number of H-pyrrole nitrogens is 1. The van der Waals surface area contributed by atoms with Crippen LogP contribution in [-0.4, -0.2) is 23.1 Å². The molecule has 3 N–H and O–H groups in total. The fraction of sp³-hybridized carbons (Fsp3) is 0.333. The molecule has 0 saturated heterocycles. The van der Waals surface area contributed by atoms with Gasteiger partial charge in [0.1, 0.15) is 11.3 Å². The molecule has 17 heavy (non-hydrogen) atoms. The van der Waals surface area contributed by atoms with E-state index in [-0.39, 0.29) is 11.7 Å². The first kappa shape index (κ1) is 11.6. The van der Waals surface area contributed by atoms with E-state index in [0.717, 1.165) is 11.1 Å². The molecule has 1 heterocycles. The highest BCUT2D eigenvalue weighted by atomic mass is 16.5. The van der Waals surface area contributed by atoms with Crippen molar-refractivity contribution in [2.24, 2.45) is 5.73 Å². The SMILES string of the molecule is COc1cccc2c(CC(C)N)[nH]c(=O)nc12. The van der Waals surface area contributed by atoms with Crippen molar-refractivity contribution in [3.63, 3.8) is 0 Å². The molecule has 1 aromatic carbocycles. The monoisotopic (exact) mass is 233 g/mol. The second-order valence-electron chi connectivity index (χ2n) is 4.06. The first-order valence-corrected chi connectivity index (χ1v) is 5.43. The van der Waals surface area contributed by atoms with Crippen molar-refractivity contribution >= 4 is 10.9 Å². The molecule has 1 atom stereocenters. The van der Waals surface area contributed by atoms with Crippen LogP contribution in [0.4, 0.5) is 0 Å². The van der Waals surface area contributed by atoms with Crippen LogP contribution in [-0.2, 0) is 6.42 Å². The predicted molar refractivity (Wildman–Crippen MR) is 66.3 cm³/mol. The number of hydrogen-bond acceptors (Lipinski definition) is 4. The smallest absolute Gasteiger partial charge is 0.345 e. The van der Waals surface area contributed by atoms with Crippen molar-refractivity contribution in [3.8, 4) is 5.75 Å². The van der Waals surface area contributed by atoms with Gasteiger partial charge >= 0.3 is 5.69 Å². The minimum atomic E-state index is -0.377. The van der Waals surface area contributed by atoms with Crippen molar-refractivity contribution in [2.75, 3.05) is 7.11 Å². The Hall–Kier alpha value is -1.88. The fourth-order valence-electron chi connectivity index (χ4n) is 1.85. The Labute approximate surface area is 98.6 Å². The van der Waals surface area contributed by atoms with Crippen LogP contribution in [0.25, 0.3) is 10.9 Å². The van der Waals surface area contributed by atoms with E-state index in [9.17, 15) is 4.79 Å². The van der Waals surface area contributed by atoms with E-state index in [0.29, 0.717) is 17.7 Å². The molecule has 90 valence electrons. The molecule has 0 aliphatic heterocycles. The number of methoxy groups -OCH3 is 1. The van der Waals surface area contributed by atoms with Gasteiger partial charge in [0.05, 0.1) is 7.11 Å². The van der Waals surface area contributed by atoms with Crippen molar-refractivity contribution in [1.29, 1.82) is 0 Å². The molecule has 0 amide bonds. The zero-order valence-corrected chi connectivity index (χ0v) is 9.86. The summed E-state index contributed by atoms with van der Waals surface area (Å²) in [5.74, 6) is 0.597. The normalized spacial score (nSPS) is 12.6. The van der Waals surface area contributed by atoms with Crippen molar-refractivity contribution in [1.82, 2.24) is 9.97 Å². The zero-order valence-electron chi connectivity index (χ0n) is 9.86. The minimum Gasteiger partial charge on any atom is -0.494 e. The Balaban J connectivity index is 2.72. The molecule has 2 aromatic rings. The minimum absolute atomic E-state index is 0.0255. The highest BCUT2D eigenvalue weighted by molar-refractivity contribution is 5.86. The number of fused-ring (bicyclic) bond motifs is 1. The molecule has 0 fully saturated rings. The molecule has 0 spiro atoms. The second-order valence-corrected chi connectivity index (χ2v) is 4.06. The van der Waals surface area contributed by atoms with Crippen LogP contribution in [0, 0.1) is 0 Å². The van der Waals surface area contributed by atoms with Gasteiger partial charge in [-0.15, -0.1) is 0 Å². The number of nitrogens with two attached hydrogens (primary N) is 1. The third kappa shape index (κ3) is 2.29. The molecule has 1 unspecified atom stereocenters. The Bertz CT molecular complexity index is 590.